The summed E-state index contributed by atoms with van der Waals surface area (Å²) in [6.45, 7) is 1.54. The van der Waals surface area contributed by atoms with E-state index in [0.29, 0.717) is 17.1 Å². The van der Waals surface area contributed by atoms with Gasteiger partial charge in [-0.1, -0.05) is 12.1 Å². The van der Waals surface area contributed by atoms with Crippen LogP contribution in [0, 0.1) is 10.1 Å². The summed E-state index contributed by atoms with van der Waals surface area (Å²) in [5.41, 5.74) is 2.97. The Morgan fingerprint density at radius 3 is 2.24 bits per heavy atom. The molecule has 2 N–H and O–H groups in total. The van der Waals surface area contributed by atoms with Crippen molar-refractivity contribution in [3.8, 4) is 17.2 Å². The lowest BCUT2D eigenvalue weighted by atomic mass is 10.1. The summed E-state index contributed by atoms with van der Waals surface area (Å²) in [6.07, 6.45) is 0. The van der Waals surface area contributed by atoms with E-state index in [-0.39, 0.29) is 28.4 Å². The second-order valence-corrected chi connectivity index (χ2v) is 7.35. The maximum atomic E-state index is 12.5. The Kier molecular flexibility index (Phi) is 8.49. The standard InChI is InChI=1S/C25H22N4O8/c1-15(27-28-24(31)23(30)26-20-13-12-18(35-2)14-22(20)36-3)19-6-4-5-7-21(19)37-25(32)16-8-10-17(11-9-16)29(33)34/h4-14H,1-3H3,(H,26,30)(H,28,31). The molecule has 0 saturated carbocycles. The molecule has 0 unspecified atom stereocenters. The molecular weight excluding hydrogens is 484 g/mol. The zero-order valence-corrected chi connectivity index (χ0v) is 20.0. The zero-order chi connectivity index (χ0) is 26.9. The van der Waals surface area contributed by atoms with Gasteiger partial charge in [-0.15, -0.1) is 0 Å². The second-order valence-electron chi connectivity index (χ2n) is 7.35. The van der Waals surface area contributed by atoms with Gasteiger partial charge in [0.1, 0.15) is 17.2 Å². The largest absolute Gasteiger partial charge is 0.497 e. The molecule has 0 aliphatic rings. The number of nitro groups is 1. The van der Waals surface area contributed by atoms with Crippen molar-refractivity contribution in [2.24, 2.45) is 5.10 Å². The highest BCUT2D eigenvalue weighted by Gasteiger charge is 2.18. The number of hydrogen-bond donors (Lipinski definition) is 2. The van der Waals surface area contributed by atoms with E-state index in [1.54, 1.807) is 37.3 Å². The van der Waals surface area contributed by atoms with Crippen LogP contribution in [-0.4, -0.2) is 42.6 Å². The van der Waals surface area contributed by atoms with Crippen molar-refractivity contribution in [1.82, 2.24) is 5.43 Å². The maximum absolute atomic E-state index is 12.5. The van der Waals surface area contributed by atoms with Crippen molar-refractivity contribution in [2.75, 3.05) is 19.5 Å². The molecule has 3 aromatic carbocycles. The molecule has 190 valence electrons. The summed E-state index contributed by atoms with van der Waals surface area (Å²) in [7, 11) is 2.89. The molecule has 0 aliphatic carbocycles. The van der Waals surface area contributed by atoms with Crippen LogP contribution in [0.5, 0.6) is 17.2 Å². The minimum absolute atomic E-state index is 0.105. The number of anilines is 1. The van der Waals surface area contributed by atoms with Crippen LogP contribution < -0.4 is 25.0 Å². The van der Waals surface area contributed by atoms with Crippen LogP contribution in [0.2, 0.25) is 0 Å². The van der Waals surface area contributed by atoms with Gasteiger partial charge in [0.25, 0.3) is 5.69 Å². The van der Waals surface area contributed by atoms with Crippen LogP contribution in [0.3, 0.4) is 0 Å². The summed E-state index contributed by atoms with van der Waals surface area (Å²) in [4.78, 5) is 47.4. The molecule has 0 spiro atoms. The molecule has 3 rings (SSSR count). The molecule has 0 aliphatic heterocycles. The highest BCUT2D eigenvalue weighted by molar-refractivity contribution is 6.39. The first kappa shape index (κ1) is 26.3. The molecule has 12 nitrogen and oxygen atoms in total. The van der Waals surface area contributed by atoms with Crippen molar-refractivity contribution in [3.63, 3.8) is 0 Å². The van der Waals surface area contributed by atoms with Gasteiger partial charge < -0.3 is 19.5 Å². The van der Waals surface area contributed by atoms with Gasteiger partial charge in [-0.2, -0.15) is 5.10 Å². The van der Waals surface area contributed by atoms with E-state index in [9.17, 15) is 24.5 Å². The minimum atomic E-state index is -1.04. The number of carbonyl (C=O) groups is 3. The molecule has 3 aromatic rings. The van der Waals surface area contributed by atoms with Crippen molar-refractivity contribution < 1.29 is 33.5 Å². The van der Waals surface area contributed by atoms with E-state index in [0.717, 1.165) is 0 Å². The normalized spacial score (nSPS) is 10.7. The Hall–Kier alpha value is -5.26. The summed E-state index contributed by atoms with van der Waals surface area (Å²) >= 11 is 0. The maximum Gasteiger partial charge on any atom is 0.343 e. The molecule has 0 saturated heterocycles. The number of nitro benzene ring substituents is 1. The van der Waals surface area contributed by atoms with Gasteiger partial charge in [0.15, 0.2) is 0 Å². The SMILES string of the molecule is COc1ccc(NC(=O)C(=O)NN=C(C)c2ccccc2OC(=O)c2ccc([N+](=O)[O-])cc2)c(OC)c1. The topological polar surface area (TPSA) is 158 Å². The van der Waals surface area contributed by atoms with Crippen LogP contribution in [0.15, 0.2) is 71.8 Å². The lowest BCUT2D eigenvalue weighted by Crippen LogP contribution is -2.33. The molecule has 2 amide bonds. The number of nitrogens with zero attached hydrogens (tertiary/aromatic N) is 2. The van der Waals surface area contributed by atoms with E-state index in [2.05, 4.69) is 15.8 Å². The van der Waals surface area contributed by atoms with E-state index < -0.39 is 22.7 Å². The predicted molar refractivity (Wildman–Crippen MR) is 133 cm³/mol. The first-order valence-corrected chi connectivity index (χ1v) is 10.7. The average Bonchev–Trinajstić information content (AvgIpc) is 2.91. The van der Waals surface area contributed by atoms with Crippen LogP contribution in [0.1, 0.15) is 22.8 Å². The lowest BCUT2D eigenvalue weighted by Gasteiger charge is -2.11. The molecule has 0 fully saturated rings. The van der Waals surface area contributed by atoms with Crippen LogP contribution in [0.4, 0.5) is 11.4 Å². The fraction of sp³-hybridized carbons (Fsp3) is 0.120. The number of rotatable bonds is 8. The minimum Gasteiger partial charge on any atom is -0.497 e. The fourth-order valence-corrected chi connectivity index (χ4v) is 3.06. The number of benzene rings is 3. The molecule has 0 radical (unpaired) electrons. The third-order valence-electron chi connectivity index (χ3n) is 4.98. The number of nitrogens with one attached hydrogen (secondary N) is 2. The summed E-state index contributed by atoms with van der Waals surface area (Å²) in [6, 6.07) is 16.0. The number of amides is 2. The number of hydrazone groups is 1. The first-order valence-electron chi connectivity index (χ1n) is 10.7. The smallest absolute Gasteiger partial charge is 0.343 e. The number of methoxy groups -OCH3 is 2. The van der Waals surface area contributed by atoms with Crippen molar-refractivity contribution in [2.45, 2.75) is 6.92 Å². The number of esters is 1. The first-order chi connectivity index (χ1) is 17.7. The third kappa shape index (κ3) is 6.66. The Balaban J connectivity index is 1.69. The number of para-hydroxylation sites is 1. The van der Waals surface area contributed by atoms with E-state index in [1.165, 1.54) is 50.6 Å². The third-order valence-corrected chi connectivity index (χ3v) is 4.98. The van der Waals surface area contributed by atoms with Gasteiger partial charge in [0.05, 0.1) is 36.1 Å². The quantitative estimate of drug-likeness (QED) is 0.118. The van der Waals surface area contributed by atoms with Crippen molar-refractivity contribution >= 4 is 34.9 Å². The van der Waals surface area contributed by atoms with E-state index in [1.807, 2.05) is 0 Å². The summed E-state index contributed by atoms with van der Waals surface area (Å²) in [5, 5.41) is 17.2. The zero-order valence-electron chi connectivity index (χ0n) is 20.0. The fourth-order valence-electron chi connectivity index (χ4n) is 3.06. The highest BCUT2D eigenvalue weighted by Crippen LogP contribution is 2.29. The Morgan fingerprint density at radius 1 is 0.892 bits per heavy atom. The van der Waals surface area contributed by atoms with Gasteiger partial charge >= 0.3 is 17.8 Å². The summed E-state index contributed by atoms with van der Waals surface area (Å²) < 4.78 is 15.7. The highest BCUT2D eigenvalue weighted by atomic mass is 16.6. The molecule has 0 atom stereocenters. The number of carbonyl (C=O) groups excluding carboxylic acids is 3. The van der Waals surface area contributed by atoms with Crippen LogP contribution >= 0.6 is 0 Å². The monoisotopic (exact) mass is 506 g/mol. The molecule has 37 heavy (non-hydrogen) atoms. The molecule has 0 heterocycles. The van der Waals surface area contributed by atoms with Crippen LogP contribution in [0.25, 0.3) is 0 Å². The second kappa shape index (κ2) is 11.9. The molecule has 0 bridgehead atoms. The summed E-state index contributed by atoms with van der Waals surface area (Å²) in [5.74, 6) is -1.84. The van der Waals surface area contributed by atoms with Crippen molar-refractivity contribution in [3.05, 3.63) is 88.0 Å². The molecule has 12 heteroatoms. The number of non-ortho nitro benzene ring substituents is 1. The Morgan fingerprint density at radius 2 is 1.59 bits per heavy atom. The van der Waals surface area contributed by atoms with E-state index in [4.69, 9.17) is 14.2 Å². The lowest BCUT2D eigenvalue weighted by molar-refractivity contribution is -0.384. The Bertz CT molecular complexity index is 1370. The number of hydrogen-bond acceptors (Lipinski definition) is 9. The van der Waals surface area contributed by atoms with Gasteiger partial charge in [0, 0.05) is 23.8 Å². The average molecular weight is 506 g/mol. The van der Waals surface area contributed by atoms with Gasteiger partial charge in [-0.3, -0.25) is 19.7 Å². The van der Waals surface area contributed by atoms with E-state index >= 15 is 0 Å². The van der Waals surface area contributed by atoms with Gasteiger partial charge in [-0.05, 0) is 43.3 Å². The van der Waals surface area contributed by atoms with Crippen LogP contribution in [-0.2, 0) is 9.59 Å². The molecule has 0 aromatic heterocycles. The van der Waals surface area contributed by atoms with Gasteiger partial charge in [0.2, 0.25) is 0 Å². The van der Waals surface area contributed by atoms with Gasteiger partial charge in [-0.25, -0.2) is 10.2 Å². The predicted octanol–water partition coefficient (Wildman–Crippen LogP) is 3.31. The molecular formula is C25H22N4O8. The Labute approximate surface area is 211 Å². The number of ether oxygens (including phenoxy) is 3. The van der Waals surface area contributed by atoms with Crippen molar-refractivity contribution in [1.29, 1.82) is 0 Å².